The molecule has 0 bridgehead atoms. The van der Waals surface area contributed by atoms with Crippen LogP contribution in [0.25, 0.3) is 0 Å². The number of thiophene rings is 1. The van der Waals surface area contributed by atoms with Gasteiger partial charge in [0, 0.05) is 50.0 Å². The Hall–Kier alpha value is -1.66. The average molecular weight is 318 g/mol. The highest BCUT2D eigenvalue weighted by atomic mass is 32.1. The molecule has 0 spiro atoms. The van der Waals surface area contributed by atoms with Crippen LogP contribution in [0, 0.1) is 6.92 Å². The second-order valence-electron chi connectivity index (χ2n) is 5.86. The van der Waals surface area contributed by atoms with Gasteiger partial charge in [-0.1, -0.05) is 0 Å². The van der Waals surface area contributed by atoms with Crippen molar-refractivity contribution in [3.05, 3.63) is 44.6 Å². The van der Waals surface area contributed by atoms with Gasteiger partial charge in [-0.05, 0) is 36.8 Å². The van der Waals surface area contributed by atoms with Crippen molar-refractivity contribution in [1.29, 1.82) is 0 Å². The molecule has 0 aliphatic carbocycles. The number of hydrogen-bond donors (Lipinski definition) is 1. The minimum Gasteiger partial charge on any atom is -0.350 e. The zero-order valence-corrected chi connectivity index (χ0v) is 13.9. The Kier molecular flexibility index (Phi) is 4.59. The monoisotopic (exact) mass is 318 g/mol. The largest absolute Gasteiger partial charge is 0.350 e. The molecule has 3 rings (SSSR count). The lowest BCUT2D eigenvalue weighted by Crippen LogP contribution is -2.47. The van der Waals surface area contributed by atoms with Gasteiger partial charge in [0.05, 0.1) is 0 Å². The second-order valence-corrected chi connectivity index (χ2v) is 6.86. The molecule has 22 heavy (non-hydrogen) atoms. The Labute approximate surface area is 134 Å². The van der Waals surface area contributed by atoms with Gasteiger partial charge in [-0.15, -0.1) is 11.3 Å². The van der Waals surface area contributed by atoms with Crippen molar-refractivity contribution in [2.24, 2.45) is 7.05 Å². The molecular formula is C16H22N4OS. The Morgan fingerprint density at radius 1 is 1.50 bits per heavy atom. The predicted molar refractivity (Wildman–Crippen MR) is 90.6 cm³/mol. The fourth-order valence-electron chi connectivity index (χ4n) is 2.86. The number of aromatic nitrogens is 2. The van der Waals surface area contributed by atoms with E-state index in [4.69, 9.17) is 0 Å². The summed E-state index contributed by atoms with van der Waals surface area (Å²) < 4.78 is 1.59. The molecule has 2 aromatic heterocycles. The molecular weight excluding hydrogens is 296 g/mol. The maximum absolute atomic E-state index is 12.2. The SMILES string of the molecule is Cc1ccsc1CNC1CCCN(c2nccn(C)c2=O)C1. The minimum atomic E-state index is -0.0164. The van der Waals surface area contributed by atoms with Crippen molar-refractivity contribution in [2.45, 2.75) is 32.4 Å². The van der Waals surface area contributed by atoms with E-state index in [2.05, 4.69) is 33.6 Å². The van der Waals surface area contributed by atoms with E-state index >= 15 is 0 Å². The van der Waals surface area contributed by atoms with E-state index in [-0.39, 0.29) is 5.56 Å². The van der Waals surface area contributed by atoms with Crippen LogP contribution in [0.4, 0.5) is 5.82 Å². The number of nitrogens with one attached hydrogen (secondary N) is 1. The van der Waals surface area contributed by atoms with Gasteiger partial charge in [0.2, 0.25) is 0 Å². The number of anilines is 1. The average Bonchev–Trinajstić information content (AvgIpc) is 2.93. The van der Waals surface area contributed by atoms with Crippen LogP contribution in [0.15, 0.2) is 28.6 Å². The van der Waals surface area contributed by atoms with Gasteiger partial charge in [0.1, 0.15) is 0 Å². The van der Waals surface area contributed by atoms with Gasteiger partial charge in [-0.3, -0.25) is 4.79 Å². The summed E-state index contributed by atoms with van der Waals surface area (Å²) in [6.45, 7) is 4.81. The van der Waals surface area contributed by atoms with Gasteiger partial charge >= 0.3 is 0 Å². The van der Waals surface area contributed by atoms with Crippen LogP contribution < -0.4 is 15.8 Å². The molecule has 6 heteroatoms. The molecule has 0 amide bonds. The molecule has 2 aromatic rings. The van der Waals surface area contributed by atoms with Crippen LogP contribution >= 0.6 is 11.3 Å². The summed E-state index contributed by atoms with van der Waals surface area (Å²) in [6, 6.07) is 2.56. The summed E-state index contributed by atoms with van der Waals surface area (Å²) in [5.41, 5.74) is 1.33. The molecule has 1 saturated heterocycles. The number of hydrogen-bond acceptors (Lipinski definition) is 5. The van der Waals surface area contributed by atoms with E-state index in [9.17, 15) is 4.79 Å². The molecule has 0 saturated carbocycles. The van der Waals surface area contributed by atoms with Crippen molar-refractivity contribution in [3.63, 3.8) is 0 Å². The van der Waals surface area contributed by atoms with Gasteiger partial charge in [-0.25, -0.2) is 4.98 Å². The first-order valence-electron chi connectivity index (χ1n) is 7.68. The second kappa shape index (κ2) is 6.62. The molecule has 0 radical (unpaired) electrons. The lowest BCUT2D eigenvalue weighted by molar-refractivity contribution is 0.420. The fraction of sp³-hybridized carbons (Fsp3) is 0.500. The van der Waals surface area contributed by atoms with Crippen molar-refractivity contribution < 1.29 is 0 Å². The molecule has 3 heterocycles. The van der Waals surface area contributed by atoms with Crippen molar-refractivity contribution in [1.82, 2.24) is 14.9 Å². The molecule has 1 unspecified atom stereocenters. The first-order chi connectivity index (χ1) is 10.6. The number of rotatable bonds is 4. The lowest BCUT2D eigenvalue weighted by atomic mass is 10.1. The standard InChI is InChI=1S/C16H22N4OS/c1-12-5-9-22-14(12)10-18-13-4-3-7-20(11-13)15-16(21)19(2)8-6-17-15/h5-6,8-9,13,18H,3-4,7,10-11H2,1-2H3. The smallest absolute Gasteiger partial charge is 0.293 e. The van der Waals surface area contributed by atoms with Crippen LogP contribution in [0.2, 0.25) is 0 Å². The van der Waals surface area contributed by atoms with Crippen molar-refractivity contribution >= 4 is 17.2 Å². The summed E-state index contributed by atoms with van der Waals surface area (Å²) in [5, 5.41) is 5.77. The summed E-state index contributed by atoms with van der Waals surface area (Å²) in [6.07, 6.45) is 5.63. The Morgan fingerprint density at radius 2 is 2.36 bits per heavy atom. The summed E-state index contributed by atoms with van der Waals surface area (Å²) in [7, 11) is 1.77. The third kappa shape index (κ3) is 3.23. The normalized spacial score (nSPS) is 18.6. The quantitative estimate of drug-likeness (QED) is 0.935. The van der Waals surface area contributed by atoms with E-state index < -0.39 is 0 Å². The fourth-order valence-corrected chi connectivity index (χ4v) is 3.72. The summed E-state index contributed by atoms with van der Waals surface area (Å²) >= 11 is 1.80. The third-order valence-corrected chi connectivity index (χ3v) is 5.26. The summed E-state index contributed by atoms with van der Waals surface area (Å²) in [5.74, 6) is 0.573. The van der Waals surface area contributed by atoms with E-state index in [0.717, 1.165) is 32.5 Å². The van der Waals surface area contributed by atoms with E-state index in [1.807, 2.05) is 0 Å². The van der Waals surface area contributed by atoms with Crippen LogP contribution in [0.5, 0.6) is 0 Å². The van der Waals surface area contributed by atoms with Crippen LogP contribution in [0.1, 0.15) is 23.3 Å². The van der Waals surface area contributed by atoms with Crippen LogP contribution in [0.3, 0.4) is 0 Å². The molecule has 1 fully saturated rings. The third-order valence-electron chi connectivity index (χ3n) is 4.24. The molecule has 118 valence electrons. The zero-order chi connectivity index (χ0) is 15.5. The molecule has 1 atom stereocenters. The highest BCUT2D eigenvalue weighted by Crippen LogP contribution is 2.18. The van der Waals surface area contributed by atoms with Crippen molar-refractivity contribution in [3.8, 4) is 0 Å². The molecule has 1 N–H and O–H groups in total. The maximum atomic E-state index is 12.2. The van der Waals surface area contributed by atoms with E-state index in [1.54, 1.807) is 35.3 Å². The molecule has 1 aliphatic heterocycles. The van der Waals surface area contributed by atoms with Crippen LogP contribution in [-0.2, 0) is 13.6 Å². The first-order valence-corrected chi connectivity index (χ1v) is 8.56. The van der Waals surface area contributed by atoms with Crippen molar-refractivity contribution in [2.75, 3.05) is 18.0 Å². The molecule has 0 aromatic carbocycles. The van der Waals surface area contributed by atoms with Gasteiger partial charge in [0.25, 0.3) is 5.56 Å². The lowest BCUT2D eigenvalue weighted by Gasteiger charge is -2.33. The first kappa shape index (κ1) is 15.2. The number of aryl methyl sites for hydroxylation is 2. The molecule has 5 nitrogen and oxygen atoms in total. The number of piperidine rings is 1. The molecule has 1 aliphatic rings. The highest BCUT2D eigenvalue weighted by Gasteiger charge is 2.22. The minimum absolute atomic E-state index is 0.0164. The number of nitrogens with zero attached hydrogens (tertiary/aromatic N) is 3. The zero-order valence-electron chi connectivity index (χ0n) is 13.1. The van der Waals surface area contributed by atoms with Crippen LogP contribution in [-0.4, -0.2) is 28.7 Å². The van der Waals surface area contributed by atoms with Gasteiger partial charge in [-0.2, -0.15) is 0 Å². The summed E-state index contributed by atoms with van der Waals surface area (Å²) in [4.78, 5) is 20.0. The topological polar surface area (TPSA) is 50.2 Å². The Morgan fingerprint density at radius 3 is 3.14 bits per heavy atom. The highest BCUT2D eigenvalue weighted by molar-refractivity contribution is 7.10. The van der Waals surface area contributed by atoms with E-state index in [0.29, 0.717) is 11.9 Å². The van der Waals surface area contributed by atoms with Gasteiger partial charge < -0.3 is 14.8 Å². The van der Waals surface area contributed by atoms with Gasteiger partial charge in [0.15, 0.2) is 5.82 Å². The van der Waals surface area contributed by atoms with E-state index in [1.165, 1.54) is 10.4 Å². The Balaban J connectivity index is 1.65. The Bertz CT molecular complexity index is 693. The predicted octanol–water partition coefficient (Wildman–Crippen LogP) is 1.91. The maximum Gasteiger partial charge on any atom is 0.293 e.